The third kappa shape index (κ3) is 2.98. The van der Waals surface area contributed by atoms with Crippen LogP contribution in [0.25, 0.3) is 0 Å². The molecule has 1 N–H and O–H groups in total. The highest BCUT2D eigenvalue weighted by Gasteiger charge is 2.40. The molecule has 3 heteroatoms. The average Bonchev–Trinajstić information content (AvgIpc) is 2.39. The van der Waals surface area contributed by atoms with Gasteiger partial charge in [0.05, 0.1) is 5.54 Å². The van der Waals surface area contributed by atoms with Crippen molar-refractivity contribution in [2.75, 3.05) is 14.1 Å². The van der Waals surface area contributed by atoms with Gasteiger partial charge in [0, 0.05) is 6.42 Å². The van der Waals surface area contributed by atoms with E-state index in [4.69, 9.17) is 0 Å². The first-order valence-corrected chi connectivity index (χ1v) is 7.03. The number of phenolic OH excluding ortho intramolecular Hbond substituents is 1. The van der Waals surface area contributed by atoms with Crippen molar-refractivity contribution in [3.8, 4) is 5.75 Å². The first kappa shape index (κ1) is 14.1. The molecule has 0 aliphatic heterocycles. The van der Waals surface area contributed by atoms with E-state index in [9.17, 15) is 9.90 Å². The van der Waals surface area contributed by atoms with Crippen molar-refractivity contribution < 1.29 is 9.90 Å². The molecule has 0 radical (unpaired) electrons. The van der Waals surface area contributed by atoms with Crippen LogP contribution in [0.15, 0.2) is 24.3 Å². The number of carbonyl (C=O) groups excluding carboxylic acids is 1. The van der Waals surface area contributed by atoms with Crippen LogP contribution in [0.5, 0.6) is 5.75 Å². The van der Waals surface area contributed by atoms with Gasteiger partial charge < -0.3 is 5.11 Å². The maximum atomic E-state index is 12.7. The van der Waals surface area contributed by atoms with Crippen molar-refractivity contribution in [1.29, 1.82) is 0 Å². The Labute approximate surface area is 115 Å². The number of phenols is 1. The van der Waals surface area contributed by atoms with E-state index in [2.05, 4.69) is 4.90 Å². The van der Waals surface area contributed by atoms with Gasteiger partial charge in [0.15, 0.2) is 5.78 Å². The molecule has 0 atom stereocenters. The molecule has 1 aliphatic rings. The molecule has 2 rings (SSSR count). The van der Waals surface area contributed by atoms with E-state index in [0.717, 1.165) is 31.2 Å². The summed E-state index contributed by atoms with van der Waals surface area (Å²) in [6, 6.07) is 7.02. The Balaban J connectivity index is 2.16. The summed E-state index contributed by atoms with van der Waals surface area (Å²) in [6.07, 6.45) is 5.81. The Morgan fingerprint density at radius 1 is 1.26 bits per heavy atom. The van der Waals surface area contributed by atoms with Gasteiger partial charge in [-0.3, -0.25) is 9.69 Å². The number of rotatable bonds is 4. The lowest BCUT2D eigenvalue weighted by molar-refractivity contribution is -0.131. The van der Waals surface area contributed by atoms with Crippen molar-refractivity contribution in [3.63, 3.8) is 0 Å². The first-order chi connectivity index (χ1) is 9.04. The Kier molecular flexibility index (Phi) is 4.25. The molecule has 1 aliphatic carbocycles. The van der Waals surface area contributed by atoms with Crippen LogP contribution in [0.2, 0.25) is 0 Å². The molecule has 0 bridgehead atoms. The van der Waals surface area contributed by atoms with Crippen LogP contribution >= 0.6 is 0 Å². The number of benzene rings is 1. The summed E-state index contributed by atoms with van der Waals surface area (Å²) in [5.74, 6) is 0.510. The Morgan fingerprint density at radius 2 is 1.95 bits per heavy atom. The van der Waals surface area contributed by atoms with Gasteiger partial charge in [-0.25, -0.2) is 0 Å². The zero-order valence-corrected chi connectivity index (χ0v) is 11.9. The average molecular weight is 261 g/mol. The Morgan fingerprint density at radius 3 is 2.53 bits per heavy atom. The zero-order valence-electron chi connectivity index (χ0n) is 11.9. The molecule has 0 unspecified atom stereocenters. The molecule has 104 valence electrons. The van der Waals surface area contributed by atoms with Crippen LogP contribution < -0.4 is 0 Å². The number of hydrogen-bond acceptors (Lipinski definition) is 3. The number of hydrogen-bond donors (Lipinski definition) is 1. The number of Topliss-reactive ketones (excluding diaryl/α,β-unsaturated/α-hetero) is 1. The van der Waals surface area contributed by atoms with E-state index in [1.54, 1.807) is 18.2 Å². The minimum atomic E-state index is -0.302. The largest absolute Gasteiger partial charge is 0.508 e. The van der Waals surface area contributed by atoms with Crippen LogP contribution in [0.4, 0.5) is 0 Å². The third-order valence-corrected chi connectivity index (χ3v) is 4.33. The molecule has 0 heterocycles. The summed E-state index contributed by atoms with van der Waals surface area (Å²) in [6.45, 7) is 0. The SMILES string of the molecule is CN(C)C1(C(=O)Cc2cccc(O)c2)CCCCC1. The molecule has 1 aromatic carbocycles. The lowest BCUT2D eigenvalue weighted by Crippen LogP contribution is -2.53. The van der Waals surface area contributed by atoms with E-state index in [1.165, 1.54) is 6.42 Å². The minimum Gasteiger partial charge on any atom is -0.508 e. The van der Waals surface area contributed by atoms with Crippen LogP contribution in [0.3, 0.4) is 0 Å². The number of aromatic hydroxyl groups is 1. The molecule has 19 heavy (non-hydrogen) atoms. The van der Waals surface area contributed by atoms with Gasteiger partial charge in [-0.15, -0.1) is 0 Å². The van der Waals surface area contributed by atoms with Crippen LogP contribution in [0, 0.1) is 0 Å². The number of likely N-dealkylation sites (N-methyl/N-ethyl adjacent to an activating group) is 1. The molecule has 0 aromatic heterocycles. The molecule has 0 amide bonds. The summed E-state index contributed by atoms with van der Waals surface area (Å²) in [7, 11) is 4.01. The van der Waals surface area contributed by atoms with Gasteiger partial charge in [-0.1, -0.05) is 31.4 Å². The van der Waals surface area contributed by atoms with Gasteiger partial charge in [0.1, 0.15) is 5.75 Å². The van der Waals surface area contributed by atoms with Crippen LogP contribution in [-0.4, -0.2) is 35.4 Å². The summed E-state index contributed by atoms with van der Waals surface area (Å²) < 4.78 is 0. The second-order valence-corrected chi connectivity index (χ2v) is 5.76. The molecule has 0 spiro atoms. The second-order valence-electron chi connectivity index (χ2n) is 5.76. The van der Waals surface area contributed by atoms with Gasteiger partial charge in [0.25, 0.3) is 0 Å². The van der Waals surface area contributed by atoms with Crippen molar-refractivity contribution in [3.05, 3.63) is 29.8 Å². The van der Waals surface area contributed by atoms with Crippen LogP contribution in [0.1, 0.15) is 37.7 Å². The summed E-state index contributed by atoms with van der Waals surface area (Å²) in [5, 5.41) is 9.49. The van der Waals surface area contributed by atoms with Gasteiger partial charge in [-0.05, 0) is 44.6 Å². The van der Waals surface area contributed by atoms with Crippen LogP contribution in [-0.2, 0) is 11.2 Å². The third-order valence-electron chi connectivity index (χ3n) is 4.33. The van der Waals surface area contributed by atoms with Crippen molar-refractivity contribution in [2.24, 2.45) is 0 Å². The van der Waals surface area contributed by atoms with E-state index in [-0.39, 0.29) is 17.1 Å². The predicted octanol–water partition coefficient (Wildman–Crippen LogP) is 2.77. The number of nitrogens with zero attached hydrogens (tertiary/aromatic N) is 1. The lowest BCUT2D eigenvalue weighted by atomic mass is 9.76. The van der Waals surface area contributed by atoms with Crippen molar-refractivity contribution in [1.82, 2.24) is 4.90 Å². The van der Waals surface area contributed by atoms with Crippen molar-refractivity contribution >= 4 is 5.78 Å². The molecule has 1 fully saturated rings. The fourth-order valence-corrected chi connectivity index (χ4v) is 3.13. The van der Waals surface area contributed by atoms with Gasteiger partial charge in [-0.2, -0.15) is 0 Å². The smallest absolute Gasteiger partial charge is 0.157 e. The summed E-state index contributed by atoms with van der Waals surface area (Å²) >= 11 is 0. The standard InChI is InChI=1S/C16H23NO2/c1-17(2)16(9-4-3-5-10-16)15(19)12-13-7-6-8-14(18)11-13/h6-8,11,18H,3-5,9-10,12H2,1-2H3. The second kappa shape index (κ2) is 5.74. The zero-order chi connectivity index (χ0) is 13.9. The molecule has 3 nitrogen and oxygen atoms in total. The van der Waals surface area contributed by atoms with E-state index in [0.29, 0.717) is 6.42 Å². The van der Waals surface area contributed by atoms with E-state index in [1.807, 2.05) is 20.2 Å². The fraction of sp³-hybridized carbons (Fsp3) is 0.562. The monoisotopic (exact) mass is 261 g/mol. The predicted molar refractivity (Wildman–Crippen MR) is 76.3 cm³/mol. The van der Waals surface area contributed by atoms with E-state index < -0.39 is 0 Å². The quantitative estimate of drug-likeness (QED) is 0.906. The van der Waals surface area contributed by atoms with Gasteiger partial charge in [0.2, 0.25) is 0 Å². The number of carbonyl (C=O) groups is 1. The summed E-state index contributed by atoms with van der Waals surface area (Å²) in [4.78, 5) is 14.8. The normalized spacial score (nSPS) is 18.5. The maximum absolute atomic E-state index is 12.7. The molecule has 0 saturated heterocycles. The highest BCUT2D eigenvalue weighted by atomic mass is 16.3. The van der Waals surface area contributed by atoms with E-state index >= 15 is 0 Å². The fourth-order valence-electron chi connectivity index (χ4n) is 3.13. The topological polar surface area (TPSA) is 40.5 Å². The summed E-state index contributed by atoms with van der Waals surface area (Å²) in [5.41, 5.74) is 0.598. The van der Waals surface area contributed by atoms with Gasteiger partial charge >= 0.3 is 0 Å². The molecular formula is C16H23NO2. The highest BCUT2D eigenvalue weighted by Crippen LogP contribution is 2.34. The van der Waals surface area contributed by atoms with Crippen molar-refractivity contribution in [2.45, 2.75) is 44.1 Å². The molecule has 1 saturated carbocycles. The maximum Gasteiger partial charge on any atom is 0.157 e. The number of ketones is 1. The molecular weight excluding hydrogens is 238 g/mol. The first-order valence-electron chi connectivity index (χ1n) is 7.03. The lowest BCUT2D eigenvalue weighted by Gasteiger charge is -2.41. The Bertz CT molecular complexity index is 448. The highest BCUT2D eigenvalue weighted by molar-refractivity contribution is 5.90. The molecule has 1 aromatic rings. The Hall–Kier alpha value is -1.35. The minimum absolute atomic E-state index is 0.229.